The van der Waals surface area contributed by atoms with Crippen LogP contribution in [0.25, 0.3) is 60.9 Å². The van der Waals surface area contributed by atoms with Crippen LogP contribution in [0.15, 0.2) is 192 Å². The molecule has 268 valence electrons. The van der Waals surface area contributed by atoms with Crippen molar-refractivity contribution in [3.63, 3.8) is 0 Å². The molecular weight excluding hydrogens is 723 g/mol. The summed E-state index contributed by atoms with van der Waals surface area (Å²) in [5, 5.41) is 5.21. The first-order valence-electron chi connectivity index (χ1n) is 18.7. The summed E-state index contributed by atoms with van der Waals surface area (Å²) in [6, 6.07) is 44.0. The predicted molar refractivity (Wildman–Crippen MR) is 235 cm³/mol. The van der Waals surface area contributed by atoms with Crippen LogP contribution >= 0.6 is 23.1 Å². The Morgan fingerprint density at radius 3 is 2.20 bits per heavy atom. The summed E-state index contributed by atoms with van der Waals surface area (Å²) in [5.74, 6) is 2.86. The van der Waals surface area contributed by atoms with Gasteiger partial charge in [-0.25, -0.2) is 19.9 Å². The van der Waals surface area contributed by atoms with Gasteiger partial charge < -0.3 is 5.32 Å². The van der Waals surface area contributed by atoms with E-state index in [-0.39, 0.29) is 11.3 Å². The number of hydrogen-bond donors (Lipinski definition) is 1. The number of thiophene rings is 1. The number of aromatic nitrogens is 3. The fourth-order valence-electron chi connectivity index (χ4n) is 7.80. The highest BCUT2D eigenvalue weighted by Gasteiger charge is 2.36. The molecule has 2 aromatic heterocycles. The van der Waals surface area contributed by atoms with Crippen LogP contribution in [-0.2, 0) is 0 Å². The van der Waals surface area contributed by atoms with E-state index in [1.807, 2.05) is 54.3 Å². The lowest BCUT2D eigenvalue weighted by molar-refractivity contribution is 0.759. The van der Waals surface area contributed by atoms with Crippen molar-refractivity contribution in [1.29, 1.82) is 0 Å². The summed E-state index contributed by atoms with van der Waals surface area (Å²) in [4.78, 5) is 23.1. The molecule has 7 heteroatoms. The van der Waals surface area contributed by atoms with Gasteiger partial charge >= 0.3 is 0 Å². The van der Waals surface area contributed by atoms with Gasteiger partial charge in [-0.1, -0.05) is 153 Å². The maximum atomic E-state index is 5.31. The zero-order valence-electron chi connectivity index (χ0n) is 30.4. The average Bonchev–Trinajstić information content (AvgIpc) is 3.84. The SMILES string of the molecule is C=C/C=C(\C=C)C1NC(C2=CC=C3c4c(cccc4-c4nc(-c5ccccc5)nc(-c5cccc(-c6ccccc6)c5)n4)SC3C2)=Nc2c1sc1ccccc21. The summed E-state index contributed by atoms with van der Waals surface area (Å²) in [5.41, 5.74) is 10.9. The van der Waals surface area contributed by atoms with Crippen molar-refractivity contribution in [2.45, 2.75) is 22.6 Å². The maximum absolute atomic E-state index is 5.31. The predicted octanol–water partition coefficient (Wildman–Crippen LogP) is 12.6. The quantitative estimate of drug-likeness (QED) is 0.156. The molecule has 0 amide bonds. The monoisotopic (exact) mass is 757 g/mol. The molecule has 10 rings (SSSR count). The van der Waals surface area contributed by atoms with Crippen molar-refractivity contribution >= 4 is 50.3 Å². The number of amidine groups is 1. The minimum atomic E-state index is -0.0676. The van der Waals surface area contributed by atoms with E-state index in [0.29, 0.717) is 17.5 Å². The van der Waals surface area contributed by atoms with E-state index in [2.05, 4.69) is 134 Å². The Morgan fingerprint density at radius 2 is 1.39 bits per heavy atom. The van der Waals surface area contributed by atoms with Crippen LogP contribution in [0.4, 0.5) is 5.69 Å². The standard InChI is InChI=1S/C49H35N5S2/c1-3-15-30(4-2)43-45-44(37-22-11-12-24-39(37)56-45)51-47(50-43)35-26-27-36-41(29-35)55-40-25-14-23-38(42(36)40)49-53-46(32-18-9-6-10-19-32)52-48(54-49)34-21-13-20-33(28-34)31-16-7-5-8-17-31/h3-28,41,43H,1-2,29H2,(H,50,51)/b30-15+. The molecule has 0 fully saturated rings. The fraction of sp³-hybridized carbons (Fsp3) is 0.0612. The Bertz CT molecular complexity index is 2830. The first-order chi connectivity index (χ1) is 27.6. The molecule has 0 spiro atoms. The van der Waals surface area contributed by atoms with E-state index < -0.39 is 0 Å². The number of thioether (sulfide) groups is 1. The van der Waals surface area contributed by atoms with Gasteiger partial charge in [0, 0.05) is 42.5 Å². The van der Waals surface area contributed by atoms with Crippen molar-refractivity contribution in [1.82, 2.24) is 20.3 Å². The highest BCUT2D eigenvalue weighted by atomic mass is 32.2. The molecule has 0 saturated heterocycles. The van der Waals surface area contributed by atoms with Gasteiger partial charge in [0.1, 0.15) is 5.84 Å². The molecule has 5 aromatic carbocycles. The third-order valence-corrected chi connectivity index (χ3v) is 13.0. The number of allylic oxidation sites excluding steroid dienone is 4. The first-order valence-corrected chi connectivity index (χ1v) is 20.4. The van der Waals surface area contributed by atoms with E-state index in [0.717, 1.165) is 51.3 Å². The van der Waals surface area contributed by atoms with Crippen LogP contribution in [0.2, 0.25) is 0 Å². The molecule has 1 aliphatic carbocycles. The summed E-state index contributed by atoms with van der Waals surface area (Å²) in [6.07, 6.45) is 11.1. The van der Waals surface area contributed by atoms with Gasteiger partial charge in [0.25, 0.3) is 0 Å². The normalized spacial score (nSPS) is 17.1. The van der Waals surface area contributed by atoms with E-state index in [4.69, 9.17) is 19.9 Å². The van der Waals surface area contributed by atoms with Crippen LogP contribution in [0.3, 0.4) is 0 Å². The van der Waals surface area contributed by atoms with Gasteiger partial charge in [-0.3, -0.25) is 0 Å². The van der Waals surface area contributed by atoms with E-state index in [1.54, 1.807) is 11.3 Å². The number of nitrogens with one attached hydrogen (secondary N) is 1. The van der Waals surface area contributed by atoms with Gasteiger partial charge in [0.2, 0.25) is 0 Å². The Balaban J connectivity index is 1.07. The largest absolute Gasteiger partial charge is 0.358 e. The van der Waals surface area contributed by atoms with Gasteiger partial charge in [-0.05, 0) is 52.5 Å². The molecule has 1 N–H and O–H groups in total. The van der Waals surface area contributed by atoms with Crippen molar-refractivity contribution in [3.8, 4) is 45.3 Å². The molecule has 3 aliphatic rings. The molecule has 0 bridgehead atoms. The second-order valence-electron chi connectivity index (χ2n) is 13.9. The summed E-state index contributed by atoms with van der Waals surface area (Å²) in [6.45, 7) is 8.13. The highest BCUT2D eigenvalue weighted by Crippen LogP contribution is 2.53. The third kappa shape index (κ3) is 6.06. The zero-order valence-corrected chi connectivity index (χ0v) is 32.0. The van der Waals surface area contributed by atoms with Crippen LogP contribution in [0.5, 0.6) is 0 Å². The Labute approximate surface area is 334 Å². The molecule has 2 unspecified atom stereocenters. The lowest BCUT2D eigenvalue weighted by Gasteiger charge is -2.29. The van der Waals surface area contributed by atoms with Gasteiger partial charge in [0.15, 0.2) is 17.5 Å². The smallest absolute Gasteiger partial charge is 0.164 e. The molecule has 56 heavy (non-hydrogen) atoms. The van der Waals surface area contributed by atoms with E-state index >= 15 is 0 Å². The molecule has 0 saturated carbocycles. The molecule has 0 radical (unpaired) electrons. The average molecular weight is 758 g/mol. The third-order valence-electron chi connectivity index (χ3n) is 10.5. The molecule has 4 heterocycles. The van der Waals surface area contributed by atoms with Crippen molar-refractivity contribution in [3.05, 3.63) is 193 Å². The number of hydrogen-bond acceptors (Lipinski definition) is 7. The van der Waals surface area contributed by atoms with Crippen LogP contribution in [-0.4, -0.2) is 26.0 Å². The molecule has 7 aromatic rings. The number of nitrogens with zero attached hydrogens (tertiary/aromatic N) is 4. The van der Waals surface area contributed by atoms with Gasteiger partial charge in [0.05, 0.1) is 16.6 Å². The number of rotatable bonds is 8. The second-order valence-corrected chi connectivity index (χ2v) is 16.2. The molecular formula is C49H35N5S2. The highest BCUT2D eigenvalue weighted by molar-refractivity contribution is 8.00. The van der Waals surface area contributed by atoms with Crippen molar-refractivity contribution in [2.75, 3.05) is 0 Å². The topological polar surface area (TPSA) is 63.1 Å². The number of aliphatic imine (C=N–C) groups is 1. The minimum Gasteiger partial charge on any atom is -0.358 e. The Morgan fingerprint density at radius 1 is 0.696 bits per heavy atom. The summed E-state index contributed by atoms with van der Waals surface area (Å²) < 4.78 is 1.23. The fourth-order valence-corrected chi connectivity index (χ4v) is 10.4. The van der Waals surface area contributed by atoms with E-state index in [1.165, 1.54) is 36.6 Å². The van der Waals surface area contributed by atoms with Crippen LogP contribution in [0, 0.1) is 0 Å². The number of benzene rings is 5. The van der Waals surface area contributed by atoms with Crippen molar-refractivity contribution < 1.29 is 0 Å². The first kappa shape index (κ1) is 34.1. The minimum absolute atomic E-state index is 0.0676. The lowest BCUT2D eigenvalue weighted by atomic mass is 9.89. The Kier molecular flexibility index (Phi) is 8.74. The number of fused-ring (bicyclic) bond motifs is 6. The van der Waals surface area contributed by atoms with Crippen LogP contribution < -0.4 is 5.32 Å². The second kappa shape index (κ2) is 14.3. The van der Waals surface area contributed by atoms with E-state index in [9.17, 15) is 0 Å². The molecule has 2 aliphatic heterocycles. The van der Waals surface area contributed by atoms with Gasteiger partial charge in [-0.2, -0.15) is 0 Å². The van der Waals surface area contributed by atoms with Gasteiger partial charge in [-0.15, -0.1) is 23.1 Å². The maximum Gasteiger partial charge on any atom is 0.164 e. The Hall–Kier alpha value is -6.41. The summed E-state index contributed by atoms with van der Waals surface area (Å²) >= 11 is 3.69. The summed E-state index contributed by atoms with van der Waals surface area (Å²) in [7, 11) is 0. The van der Waals surface area contributed by atoms with Crippen molar-refractivity contribution in [2.24, 2.45) is 4.99 Å². The molecule has 5 nitrogen and oxygen atoms in total. The van der Waals surface area contributed by atoms with Crippen LogP contribution in [0.1, 0.15) is 22.9 Å². The lowest BCUT2D eigenvalue weighted by Crippen LogP contribution is -2.34. The zero-order chi connectivity index (χ0) is 37.6. The molecule has 2 atom stereocenters.